The standard InChI is InChI=1S/C11H19N3O2S2.ClH/c1-8(12)10-5-3-4-6-14(10)18(15,16)11-7-13-9(2)17-11;/h7-8,10H,3-6,12H2,1-2H3;1H. The van der Waals surface area contributed by atoms with Gasteiger partial charge in [-0.15, -0.1) is 23.7 Å². The Balaban J connectivity index is 0.00000180. The summed E-state index contributed by atoms with van der Waals surface area (Å²) >= 11 is 1.22. The van der Waals surface area contributed by atoms with Gasteiger partial charge >= 0.3 is 0 Å². The van der Waals surface area contributed by atoms with Gasteiger partial charge in [-0.3, -0.25) is 0 Å². The lowest BCUT2D eigenvalue weighted by Crippen LogP contribution is -2.51. The van der Waals surface area contributed by atoms with Gasteiger partial charge in [-0.25, -0.2) is 13.4 Å². The molecule has 8 heteroatoms. The second-order valence-electron chi connectivity index (χ2n) is 4.74. The van der Waals surface area contributed by atoms with E-state index >= 15 is 0 Å². The Morgan fingerprint density at radius 1 is 1.53 bits per heavy atom. The van der Waals surface area contributed by atoms with Crippen molar-refractivity contribution in [3.05, 3.63) is 11.2 Å². The highest BCUT2D eigenvalue weighted by atomic mass is 35.5. The Kier molecular flexibility index (Phi) is 5.76. The summed E-state index contributed by atoms with van der Waals surface area (Å²) in [5.74, 6) is 0. The summed E-state index contributed by atoms with van der Waals surface area (Å²) in [6, 6.07) is -0.236. The average Bonchev–Trinajstić information content (AvgIpc) is 2.76. The number of hydrogen-bond donors (Lipinski definition) is 1. The average molecular weight is 326 g/mol. The molecule has 1 aromatic rings. The SMILES string of the molecule is Cc1ncc(S(=O)(=O)N2CCCCC2C(C)N)s1.Cl. The summed E-state index contributed by atoms with van der Waals surface area (Å²) in [6.45, 7) is 4.24. The molecule has 2 heterocycles. The minimum atomic E-state index is -3.43. The van der Waals surface area contributed by atoms with Crippen LogP contribution in [0.15, 0.2) is 10.4 Å². The molecule has 1 aliphatic heterocycles. The molecule has 0 aliphatic carbocycles. The van der Waals surface area contributed by atoms with E-state index in [1.54, 1.807) is 4.31 Å². The van der Waals surface area contributed by atoms with Gasteiger partial charge in [-0.2, -0.15) is 4.31 Å². The van der Waals surface area contributed by atoms with Crippen LogP contribution in [0.3, 0.4) is 0 Å². The summed E-state index contributed by atoms with van der Waals surface area (Å²) in [4.78, 5) is 4.03. The van der Waals surface area contributed by atoms with Crippen LogP contribution in [-0.2, 0) is 10.0 Å². The molecule has 2 atom stereocenters. The second-order valence-corrected chi connectivity index (χ2v) is 8.09. The molecular weight excluding hydrogens is 306 g/mol. The van der Waals surface area contributed by atoms with E-state index in [0.717, 1.165) is 24.3 Å². The molecule has 0 saturated carbocycles. The summed E-state index contributed by atoms with van der Waals surface area (Å²) in [5, 5.41) is 0.767. The van der Waals surface area contributed by atoms with E-state index in [2.05, 4.69) is 4.98 Å². The van der Waals surface area contributed by atoms with Gasteiger partial charge in [0.15, 0.2) is 4.21 Å². The van der Waals surface area contributed by atoms with Crippen LogP contribution in [0.25, 0.3) is 0 Å². The van der Waals surface area contributed by atoms with E-state index in [-0.39, 0.29) is 24.5 Å². The predicted octanol–water partition coefficient (Wildman–Crippen LogP) is 1.76. The van der Waals surface area contributed by atoms with Crippen molar-refractivity contribution in [2.75, 3.05) is 6.54 Å². The maximum Gasteiger partial charge on any atom is 0.254 e. The first-order chi connectivity index (χ1) is 8.43. The van der Waals surface area contributed by atoms with Crippen molar-refractivity contribution in [1.82, 2.24) is 9.29 Å². The molecule has 0 bridgehead atoms. The zero-order valence-corrected chi connectivity index (χ0v) is 13.5. The Labute approximate surface area is 124 Å². The second kappa shape index (κ2) is 6.49. The lowest BCUT2D eigenvalue weighted by atomic mass is 10.00. The maximum absolute atomic E-state index is 12.6. The van der Waals surface area contributed by atoms with E-state index in [4.69, 9.17) is 5.73 Å². The highest BCUT2D eigenvalue weighted by molar-refractivity contribution is 7.91. The molecule has 2 N–H and O–H groups in total. The highest BCUT2D eigenvalue weighted by Crippen LogP contribution is 2.29. The van der Waals surface area contributed by atoms with Gasteiger partial charge in [0, 0.05) is 18.6 Å². The van der Waals surface area contributed by atoms with Crippen molar-refractivity contribution in [2.45, 2.75) is 49.4 Å². The van der Waals surface area contributed by atoms with Crippen LogP contribution in [0.4, 0.5) is 0 Å². The van der Waals surface area contributed by atoms with Crippen molar-refractivity contribution < 1.29 is 8.42 Å². The molecule has 1 saturated heterocycles. The fourth-order valence-corrected chi connectivity index (χ4v) is 5.34. The van der Waals surface area contributed by atoms with Gasteiger partial charge in [-0.1, -0.05) is 6.42 Å². The Morgan fingerprint density at radius 2 is 2.21 bits per heavy atom. The molecule has 1 fully saturated rings. The molecule has 0 amide bonds. The van der Waals surface area contributed by atoms with Crippen molar-refractivity contribution in [1.29, 1.82) is 0 Å². The van der Waals surface area contributed by atoms with Gasteiger partial charge in [0.25, 0.3) is 10.0 Å². The third kappa shape index (κ3) is 3.46. The summed E-state index contributed by atoms with van der Waals surface area (Å²) in [7, 11) is -3.43. The van der Waals surface area contributed by atoms with Crippen molar-refractivity contribution in [3.8, 4) is 0 Å². The number of thiazole rings is 1. The van der Waals surface area contributed by atoms with Crippen LogP contribution in [0.2, 0.25) is 0 Å². The van der Waals surface area contributed by atoms with Crippen LogP contribution < -0.4 is 5.73 Å². The highest BCUT2D eigenvalue weighted by Gasteiger charge is 2.36. The molecule has 0 radical (unpaired) electrons. The Morgan fingerprint density at radius 3 is 2.74 bits per heavy atom. The molecule has 0 spiro atoms. The van der Waals surface area contributed by atoms with Gasteiger partial charge in [-0.05, 0) is 26.7 Å². The first kappa shape index (κ1) is 16.8. The fourth-order valence-electron chi connectivity index (χ4n) is 2.33. The number of hydrogen-bond acceptors (Lipinski definition) is 5. The molecular formula is C11H20ClN3O2S2. The first-order valence-electron chi connectivity index (χ1n) is 6.13. The molecule has 110 valence electrons. The summed E-state index contributed by atoms with van der Waals surface area (Å²) < 4.78 is 27.0. The molecule has 1 aliphatic rings. The van der Waals surface area contributed by atoms with Gasteiger partial charge in [0.2, 0.25) is 0 Å². The minimum Gasteiger partial charge on any atom is -0.326 e. The zero-order chi connectivity index (χ0) is 13.3. The lowest BCUT2D eigenvalue weighted by molar-refractivity contribution is 0.227. The number of nitrogens with zero attached hydrogens (tertiary/aromatic N) is 2. The van der Waals surface area contributed by atoms with Crippen LogP contribution >= 0.6 is 23.7 Å². The number of nitrogens with two attached hydrogens (primary N) is 1. The van der Waals surface area contributed by atoms with Gasteiger partial charge in [0.1, 0.15) is 0 Å². The smallest absolute Gasteiger partial charge is 0.254 e. The maximum atomic E-state index is 12.6. The monoisotopic (exact) mass is 325 g/mol. The van der Waals surface area contributed by atoms with Crippen LogP contribution in [0.5, 0.6) is 0 Å². The molecule has 1 aromatic heterocycles. The fraction of sp³-hybridized carbons (Fsp3) is 0.727. The van der Waals surface area contributed by atoms with E-state index in [9.17, 15) is 8.42 Å². The van der Waals surface area contributed by atoms with E-state index < -0.39 is 10.0 Å². The van der Waals surface area contributed by atoms with Crippen molar-refractivity contribution in [2.24, 2.45) is 5.73 Å². The number of halogens is 1. The number of rotatable bonds is 3. The molecule has 5 nitrogen and oxygen atoms in total. The quantitative estimate of drug-likeness (QED) is 0.918. The van der Waals surface area contributed by atoms with Crippen molar-refractivity contribution >= 4 is 33.8 Å². The predicted molar refractivity (Wildman–Crippen MR) is 79.3 cm³/mol. The van der Waals surface area contributed by atoms with E-state index in [1.165, 1.54) is 17.5 Å². The third-order valence-corrected chi connectivity index (χ3v) is 6.54. The lowest BCUT2D eigenvalue weighted by Gasteiger charge is -2.36. The summed E-state index contributed by atoms with van der Waals surface area (Å²) in [6.07, 6.45) is 4.23. The van der Waals surface area contributed by atoms with Gasteiger partial charge in [0.05, 0.1) is 11.2 Å². The van der Waals surface area contributed by atoms with E-state index in [1.807, 2.05) is 13.8 Å². The normalized spacial score (nSPS) is 22.8. The summed E-state index contributed by atoms with van der Waals surface area (Å²) in [5.41, 5.74) is 5.92. The van der Waals surface area contributed by atoms with Crippen LogP contribution in [-0.4, -0.2) is 36.3 Å². The number of sulfonamides is 1. The topological polar surface area (TPSA) is 76.3 Å². The number of aromatic nitrogens is 1. The Hall–Kier alpha value is -0.210. The van der Waals surface area contributed by atoms with Gasteiger partial charge < -0.3 is 5.73 Å². The first-order valence-corrected chi connectivity index (χ1v) is 8.38. The minimum absolute atomic E-state index is 0. The number of aryl methyl sites for hydroxylation is 1. The molecule has 2 rings (SSSR count). The third-order valence-electron chi connectivity index (χ3n) is 3.27. The molecule has 19 heavy (non-hydrogen) atoms. The molecule has 0 aromatic carbocycles. The zero-order valence-electron chi connectivity index (χ0n) is 11.1. The molecule has 2 unspecified atom stereocenters. The van der Waals surface area contributed by atoms with E-state index in [0.29, 0.717) is 10.8 Å². The largest absolute Gasteiger partial charge is 0.326 e. The van der Waals surface area contributed by atoms with Crippen LogP contribution in [0, 0.1) is 6.92 Å². The van der Waals surface area contributed by atoms with Crippen molar-refractivity contribution in [3.63, 3.8) is 0 Å². The number of piperidine rings is 1. The van der Waals surface area contributed by atoms with Crippen LogP contribution in [0.1, 0.15) is 31.2 Å². The Bertz CT molecular complexity index is 516.